The van der Waals surface area contributed by atoms with Crippen LogP contribution in [0.4, 0.5) is 0 Å². The first-order chi connectivity index (χ1) is 7.76. The van der Waals surface area contributed by atoms with Crippen molar-refractivity contribution < 1.29 is 29.3 Å². The van der Waals surface area contributed by atoms with Crippen LogP contribution in [0.15, 0.2) is 0 Å². The minimum atomic E-state index is -3.53. The zero-order chi connectivity index (χ0) is 13.6. The maximum Gasteiger partial charge on any atom is 0.307 e. The number of hydrogen-bond acceptors (Lipinski definition) is 3. The lowest BCUT2D eigenvalue weighted by Crippen LogP contribution is -2.29. The van der Waals surface area contributed by atoms with Crippen molar-refractivity contribution in [2.24, 2.45) is 5.92 Å². The molecule has 17 heavy (non-hydrogen) atoms. The molecule has 100 valence electrons. The van der Waals surface area contributed by atoms with Crippen LogP contribution in [0, 0.1) is 5.92 Å². The van der Waals surface area contributed by atoms with E-state index in [1.807, 2.05) is 0 Å². The fourth-order valence-corrected chi connectivity index (χ4v) is 3.72. The van der Waals surface area contributed by atoms with Crippen LogP contribution >= 0.6 is 7.37 Å². The first-order valence-corrected chi connectivity index (χ1v) is 7.43. The van der Waals surface area contributed by atoms with Crippen molar-refractivity contribution >= 4 is 19.3 Å². The third kappa shape index (κ3) is 4.88. The Balaban J connectivity index is 4.94. The van der Waals surface area contributed by atoms with Gasteiger partial charge in [0, 0.05) is 18.2 Å². The first kappa shape index (κ1) is 16.1. The minimum Gasteiger partial charge on any atom is -0.481 e. The van der Waals surface area contributed by atoms with Gasteiger partial charge in [-0.25, -0.2) is 0 Å². The molecule has 0 radical (unpaired) electrons. The molecule has 0 aliphatic heterocycles. The van der Waals surface area contributed by atoms with Crippen molar-refractivity contribution in [3.63, 3.8) is 0 Å². The summed E-state index contributed by atoms with van der Waals surface area (Å²) in [5.41, 5.74) is -0.871. The van der Waals surface area contributed by atoms with E-state index >= 15 is 0 Å². The second-order valence-electron chi connectivity index (χ2n) is 3.92. The van der Waals surface area contributed by atoms with Gasteiger partial charge in [0.15, 0.2) is 0 Å². The van der Waals surface area contributed by atoms with Gasteiger partial charge in [-0.05, 0) is 12.8 Å². The number of carboxylic acids is 2. The molecule has 7 heteroatoms. The predicted octanol–water partition coefficient (Wildman–Crippen LogP) is 1.62. The van der Waals surface area contributed by atoms with Gasteiger partial charge < -0.3 is 15.1 Å². The van der Waals surface area contributed by atoms with Gasteiger partial charge in [-0.3, -0.25) is 14.2 Å². The van der Waals surface area contributed by atoms with Crippen LogP contribution in [0.2, 0.25) is 0 Å². The molecule has 3 N–H and O–H groups in total. The summed E-state index contributed by atoms with van der Waals surface area (Å²) in [6, 6.07) is 0. The molecule has 3 unspecified atom stereocenters. The standard InChI is InChI=1S/C10H19O6P/c1-3-8(17(15,16)4-2)7(10(13)14)5-6-9(11)12/h7-8H,3-6H2,1-2H3,(H,11,12)(H,13,14)(H,15,16). The summed E-state index contributed by atoms with van der Waals surface area (Å²) in [6.45, 7) is 3.17. The molecular formula is C10H19O6P. The Bertz CT molecular complexity index is 327. The normalized spacial score (nSPS) is 18.1. The topological polar surface area (TPSA) is 112 Å². The van der Waals surface area contributed by atoms with Gasteiger partial charge in [-0.15, -0.1) is 0 Å². The summed E-state index contributed by atoms with van der Waals surface area (Å²) in [5, 5.41) is 17.6. The molecule has 0 aromatic rings. The summed E-state index contributed by atoms with van der Waals surface area (Å²) in [7, 11) is -3.53. The highest BCUT2D eigenvalue weighted by atomic mass is 31.2. The average Bonchev–Trinajstić information content (AvgIpc) is 2.22. The van der Waals surface area contributed by atoms with Crippen molar-refractivity contribution in [3.8, 4) is 0 Å². The third-order valence-electron chi connectivity index (χ3n) is 2.84. The Morgan fingerprint density at radius 2 is 1.76 bits per heavy atom. The lowest BCUT2D eigenvalue weighted by atomic mass is 9.97. The van der Waals surface area contributed by atoms with E-state index in [-0.39, 0.29) is 25.4 Å². The second kappa shape index (κ2) is 6.77. The van der Waals surface area contributed by atoms with Crippen LogP contribution in [0.1, 0.15) is 33.1 Å². The molecule has 0 saturated carbocycles. The number of aliphatic carboxylic acids is 2. The molecule has 6 nitrogen and oxygen atoms in total. The molecule has 0 aromatic heterocycles. The highest BCUT2D eigenvalue weighted by Gasteiger charge is 2.38. The molecule has 0 spiro atoms. The molecule has 0 aromatic carbocycles. The smallest absolute Gasteiger partial charge is 0.307 e. The lowest BCUT2D eigenvalue weighted by molar-refractivity contribution is -0.143. The van der Waals surface area contributed by atoms with E-state index in [0.717, 1.165) is 0 Å². The monoisotopic (exact) mass is 266 g/mol. The number of rotatable bonds is 8. The van der Waals surface area contributed by atoms with Gasteiger partial charge in [0.1, 0.15) is 0 Å². The summed E-state index contributed by atoms with van der Waals surface area (Å²) in [4.78, 5) is 31.2. The SMILES string of the molecule is CCC(C(CCC(=O)O)C(=O)O)P(=O)(O)CC. The Kier molecular flexibility index (Phi) is 6.42. The molecule has 0 fully saturated rings. The van der Waals surface area contributed by atoms with Crippen molar-refractivity contribution in [1.29, 1.82) is 0 Å². The summed E-state index contributed by atoms with van der Waals surface area (Å²) in [5.74, 6) is -3.39. The first-order valence-electron chi connectivity index (χ1n) is 5.52. The van der Waals surface area contributed by atoms with Crippen molar-refractivity contribution in [2.45, 2.75) is 38.8 Å². The van der Waals surface area contributed by atoms with Gasteiger partial charge in [0.05, 0.1) is 5.92 Å². The van der Waals surface area contributed by atoms with Crippen LogP contribution in [0.5, 0.6) is 0 Å². The van der Waals surface area contributed by atoms with Crippen LogP contribution in [-0.2, 0) is 14.2 Å². The fraction of sp³-hybridized carbons (Fsp3) is 0.800. The van der Waals surface area contributed by atoms with E-state index in [9.17, 15) is 19.0 Å². The maximum absolute atomic E-state index is 11.8. The molecule has 0 aliphatic rings. The molecule has 0 rings (SSSR count). The number of carbonyl (C=O) groups is 2. The van der Waals surface area contributed by atoms with E-state index in [2.05, 4.69) is 0 Å². The van der Waals surface area contributed by atoms with Gasteiger partial charge in [-0.1, -0.05) is 13.8 Å². The second-order valence-corrected chi connectivity index (χ2v) is 6.73. The lowest BCUT2D eigenvalue weighted by Gasteiger charge is -2.26. The largest absolute Gasteiger partial charge is 0.481 e. The Morgan fingerprint density at radius 1 is 1.24 bits per heavy atom. The molecule has 0 bridgehead atoms. The zero-order valence-corrected chi connectivity index (χ0v) is 10.9. The van der Waals surface area contributed by atoms with Crippen LogP contribution in [0.25, 0.3) is 0 Å². The van der Waals surface area contributed by atoms with Crippen LogP contribution < -0.4 is 0 Å². The zero-order valence-electron chi connectivity index (χ0n) is 10.00. The number of carboxylic acid groups (broad SMARTS) is 2. The molecule has 3 atom stereocenters. The van der Waals surface area contributed by atoms with E-state index in [1.165, 1.54) is 6.92 Å². The van der Waals surface area contributed by atoms with Gasteiger partial charge in [0.2, 0.25) is 7.37 Å². The molecule has 0 heterocycles. The third-order valence-corrected chi connectivity index (χ3v) is 5.51. The van der Waals surface area contributed by atoms with Crippen molar-refractivity contribution in [1.82, 2.24) is 0 Å². The molecular weight excluding hydrogens is 247 g/mol. The molecule has 0 amide bonds. The summed E-state index contributed by atoms with van der Waals surface area (Å²) < 4.78 is 11.8. The van der Waals surface area contributed by atoms with E-state index in [4.69, 9.17) is 10.2 Å². The summed E-state index contributed by atoms with van der Waals surface area (Å²) >= 11 is 0. The van der Waals surface area contributed by atoms with Gasteiger partial charge in [0.25, 0.3) is 0 Å². The van der Waals surface area contributed by atoms with Crippen LogP contribution in [-0.4, -0.2) is 38.9 Å². The Labute approximate surface area is 100 Å². The van der Waals surface area contributed by atoms with Crippen molar-refractivity contribution in [3.05, 3.63) is 0 Å². The highest BCUT2D eigenvalue weighted by Crippen LogP contribution is 2.51. The quantitative estimate of drug-likeness (QED) is 0.575. The average molecular weight is 266 g/mol. The van der Waals surface area contributed by atoms with Gasteiger partial charge >= 0.3 is 11.9 Å². The van der Waals surface area contributed by atoms with E-state index in [1.54, 1.807) is 6.92 Å². The van der Waals surface area contributed by atoms with E-state index < -0.39 is 30.9 Å². The Morgan fingerprint density at radius 3 is 2.06 bits per heavy atom. The van der Waals surface area contributed by atoms with Gasteiger partial charge in [-0.2, -0.15) is 0 Å². The molecule has 0 saturated heterocycles. The number of hydrogen-bond donors (Lipinski definition) is 3. The maximum atomic E-state index is 11.8. The fourth-order valence-electron chi connectivity index (χ4n) is 1.84. The highest BCUT2D eigenvalue weighted by molar-refractivity contribution is 7.58. The van der Waals surface area contributed by atoms with E-state index in [0.29, 0.717) is 0 Å². The predicted molar refractivity (Wildman–Crippen MR) is 62.4 cm³/mol. The van der Waals surface area contributed by atoms with Crippen LogP contribution in [0.3, 0.4) is 0 Å². The Hall–Kier alpha value is -0.870. The van der Waals surface area contributed by atoms with Crippen molar-refractivity contribution in [2.75, 3.05) is 6.16 Å². The summed E-state index contributed by atoms with van der Waals surface area (Å²) in [6.07, 6.45) is -0.175. The minimum absolute atomic E-state index is 0.00234. The molecule has 0 aliphatic carbocycles.